The van der Waals surface area contributed by atoms with E-state index in [0.717, 1.165) is 45.0 Å². The van der Waals surface area contributed by atoms with Crippen molar-refractivity contribution in [2.24, 2.45) is 4.99 Å². The van der Waals surface area contributed by atoms with Gasteiger partial charge in [-0.1, -0.05) is 6.08 Å². The summed E-state index contributed by atoms with van der Waals surface area (Å²) in [6.07, 6.45) is 5.67. The summed E-state index contributed by atoms with van der Waals surface area (Å²) in [5, 5.41) is 17.3. The Hall–Kier alpha value is -1.06. The molecular formula is C18H31IN4O2. The summed E-state index contributed by atoms with van der Waals surface area (Å²) in [6, 6.07) is 3.94. The molecule has 1 aliphatic heterocycles. The van der Waals surface area contributed by atoms with Gasteiger partial charge in [-0.2, -0.15) is 0 Å². The summed E-state index contributed by atoms with van der Waals surface area (Å²) < 4.78 is 5.30. The van der Waals surface area contributed by atoms with Crippen molar-refractivity contribution < 1.29 is 9.52 Å². The van der Waals surface area contributed by atoms with Gasteiger partial charge in [0.05, 0.1) is 12.8 Å². The van der Waals surface area contributed by atoms with E-state index >= 15 is 0 Å². The summed E-state index contributed by atoms with van der Waals surface area (Å²) in [5.41, 5.74) is -1.11. The number of furan rings is 1. The molecule has 6 nitrogen and oxygen atoms in total. The molecule has 1 saturated heterocycles. The largest absolute Gasteiger partial charge is 0.466 e. The topological polar surface area (TPSA) is 73.0 Å². The molecule has 2 heterocycles. The molecule has 2 rings (SSSR count). The molecule has 0 aliphatic carbocycles. The highest BCUT2D eigenvalue weighted by atomic mass is 127. The first-order valence-electron chi connectivity index (χ1n) is 8.69. The average Bonchev–Trinajstić information content (AvgIpc) is 3.10. The van der Waals surface area contributed by atoms with E-state index in [4.69, 9.17) is 4.42 Å². The lowest BCUT2D eigenvalue weighted by atomic mass is 10.0. The van der Waals surface area contributed by atoms with Crippen molar-refractivity contribution in [3.8, 4) is 0 Å². The zero-order chi connectivity index (χ0) is 17.4. The van der Waals surface area contributed by atoms with Crippen molar-refractivity contribution in [2.45, 2.75) is 38.3 Å². The molecule has 1 unspecified atom stereocenters. The number of aliphatic hydroxyl groups is 1. The van der Waals surface area contributed by atoms with E-state index in [1.165, 1.54) is 0 Å². The van der Waals surface area contributed by atoms with E-state index in [2.05, 4.69) is 27.1 Å². The molecule has 1 fully saturated rings. The lowest BCUT2D eigenvalue weighted by molar-refractivity contribution is 0.0436. The molecule has 3 N–H and O–H groups in total. The average molecular weight is 462 g/mol. The number of rotatable bonds is 7. The van der Waals surface area contributed by atoms with Crippen LogP contribution in [0.25, 0.3) is 0 Å². The maximum absolute atomic E-state index is 10.5. The number of hydrogen-bond acceptors (Lipinski definition) is 4. The van der Waals surface area contributed by atoms with Crippen LogP contribution in [0.2, 0.25) is 0 Å². The highest BCUT2D eigenvalue weighted by Gasteiger charge is 2.26. The van der Waals surface area contributed by atoms with Crippen LogP contribution in [0.3, 0.4) is 0 Å². The van der Waals surface area contributed by atoms with Gasteiger partial charge in [0.25, 0.3) is 0 Å². The molecular weight excluding hydrogens is 431 g/mol. The first-order chi connectivity index (χ1) is 11.5. The maximum Gasteiger partial charge on any atom is 0.191 e. The molecule has 0 saturated carbocycles. The van der Waals surface area contributed by atoms with Crippen LogP contribution >= 0.6 is 24.0 Å². The van der Waals surface area contributed by atoms with Crippen molar-refractivity contribution in [1.29, 1.82) is 0 Å². The van der Waals surface area contributed by atoms with Gasteiger partial charge in [0, 0.05) is 32.2 Å². The minimum absolute atomic E-state index is 0. The summed E-state index contributed by atoms with van der Waals surface area (Å²) >= 11 is 0. The van der Waals surface area contributed by atoms with Crippen LogP contribution in [-0.4, -0.2) is 54.7 Å². The van der Waals surface area contributed by atoms with Gasteiger partial charge in [0.1, 0.15) is 11.4 Å². The van der Waals surface area contributed by atoms with Gasteiger partial charge >= 0.3 is 0 Å². The third-order valence-corrected chi connectivity index (χ3v) is 4.26. The standard InChI is InChI=1S/C18H30N4O2.HI/c1-4-10-22-11-8-15(9-12-22)21-17(19-5-2)20-14-18(3,23)16-7-6-13-24-16;/h4,6-7,13,15,23H,1,5,8-12,14H2,2-3H3,(H2,19,20,21);1H. The Morgan fingerprint density at radius 3 is 2.80 bits per heavy atom. The number of guanidine groups is 1. The molecule has 1 aliphatic rings. The number of hydrogen-bond donors (Lipinski definition) is 3. The summed E-state index contributed by atoms with van der Waals surface area (Å²) in [5.74, 6) is 1.27. The Morgan fingerprint density at radius 1 is 1.52 bits per heavy atom. The minimum atomic E-state index is -1.11. The highest BCUT2D eigenvalue weighted by molar-refractivity contribution is 14.0. The monoisotopic (exact) mass is 462 g/mol. The molecule has 1 aromatic rings. The predicted molar refractivity (Wildman–Crippen MR) is 112 cm³/mol. The van der Waals surface area contributed by atoms with E-state index in [9.17, 15) is 5.11 Å². The van der Waals surface area contributed by atoms with Crippen LogP contribution < -0.4 is 10.6 Å². The van der Waals surface area contributed by atoms with Gasteiger partial charge in [-0.05, 0) is 38.8 Å². The Labute approximate surface area is 167 Å². The number of nitrogens with zero attached hydrogens (tertiary/aromatic N) is 2. The zero-order valence-corrected chi connectivity index (χ0v) is 17.5. The summed E-state index contributed by atoms with van der Waals surface area (Å²) in [4.78, 5) is 6.94. The van der Waals surface area contributed by atoms with Crippen LogP contribution in [0, 0.1) is 0 Å². The molecule has 1 atom stereocenters. The van der Waals surface area contributed by atoms with E-state index in [1.807, 2.05) is 13.0 Å². The van der Waals surface area contributed by atoms with Gasteiger partial charge < -0.3 is 20.2 Å². The van der Waals surface area contributed by atoms with Crippen molar-refractivity contribution in [1.82, 2.24) is 15.5 Å². The summed E-state index contributed by atoms with van der Waals surface area (Å²) in [6.45, 7) is 11.6. The fraction of sp³-hybridized carbons (Fsp3) is 0.611. The Kier molecular flexibility index (Phi) is 9.52. The van der Waals surface area contributed by atoms with Crippen molar-refractivity contribution in [2.75, 3.05) is 32.7 Å². The van der Waals surface area contributed by atoms with Gasteiger partial charge in [0.15, 0.2) is 5.96 Å². The number of nitrogens with one attached hydrogen (secondary N) is 2. The van der Waals surface area contributed by atoms with Crippen LogP contribution in [-0.2, 0) is 5.60 Å². The third kappa shape index (κ3) is 6.99. The second-order valence-electron chi connectivity index (χ2n) is 6.45. The molecule has 0 aromatic carbocycles. The second kappa shape index (κ2) is 10.8. The highest BCUT2D eigenvalue weighted by Crippen LogP contribution is 2.21. The quantitative estimate of drug-likeness (QED) is 0.251. The SMILES string of the molecule is C=CCN1CCC(NC(=NCC(C)(O)c2ccco2)NCC)CC1.I. The van der Waals surface area contributed by atoms with Crippen LogP contribution in [0.4, 0.5) is 0 Å². The van der Waals surface area contributed by atoms with Crippen LogP contribution in [0.5, 0.6) is 0 Å². The molecule has 7 heteroatoms. The van der Waals surface area contributed by atoms with E-state index in [1.54, 1.807) is 25.3 Å². The number of piperidine rings is 1. The van der Waals surface area contributed by atoms with E-state index < -0.39 is 5.60 Å². The molecule has 25 heavy (non-hydrogen) atoms. The molecule has 0 amide bonds. The number of aliphatic imine (C=N–C) groups is 1. The van der Waals surface area contributed by atoms with Gasteiger partial charge in [0.2, 0.25) is 0 Å². The first-order valence-corrected chi connectivity index (χ1v) is 8.69. The fourth-order valence-corrected chi connectivity index (χ4v) is 2.85. The van der Waals surface area contributed by atoms with E-state index in [0.29, 0.717) is 11.8 Å². The molecule has 142 valence electrons. The Morgan fingerprint density at radius 2 is 2.24 bits per heavy atom. The minimum Gasteiger partial charge on any atom is -0.466 e. The van der Waals surface area contributed by atoms with Crippen LogP contribution in [0.15, 0.2) is 40.5 Å². The molecule has 0 radical (unpaired) electrons. The number of halogens is 1. The molecule has 0 spiro atoms. The first kappa shape index (κ1) is 22.0. The van der Waals surface area contributed by atoms with Crippen LogP contribution in [0.1, 0.15) is 32.4 Å². The lowest BCUT2D eigenvalue weighted by Gasteiger charge is -2.32. The van der Waals surface area contributed by atoms with Crippen molar-refractivity contribution in [3.05, 3.63) is 36.8 Å². The van der Waals surface area contributed by atoms with Crippen molar-refractivity contribution in [3.63, 3.8) is 0 Å². The fourth-order valence-electron chi connectivity index (χ4n) is 2.85. The van der Waals surface area contributed by atoms with E-state index in [-0.39, 0.29) is 30.5 Å². The molecule has 0 bridgehead atoms. The summed E-state index contributed by atoms with van der Waals surface area (Å²) in [7, 11) is 0. The second-order valence-corrected chi connectivity index (χ2v) is 6.45. The van der Waals surface area contributed by atoms with Gasteiger partial charge in [-0.25, -0.2) is 4.99 Å². The third-order valence-electron chi connectivity index (χ3n) is 4.26. The van der Waals surface area contributed by atoms with Gasteiger partial charge in [-0.15, -0.1) is 30.6 Å². The maximum atomic E-state index is 10.5. The Bertz CT molecular complexity index is 523. The lowest BCUT2D eigenvalue weighted by Crippen LogP contribution is -2.49. The zero-order valence-electron chi connectivity index (χ0n) is 15.2. The molecule has 1 aromatic heterocycles. The number of likely N-dealkylation sites (tertiary alicyclic amines) is 1. The normalized spacial score (nSPS) is 18.9. The van der Waals surface area contributed by atoms with Crippen molar-refractivity contribution >= 4 is 29.9 Å². The van der Waals surface area contributed by atoms with Gasteiger partial charge in [-0.3, -0.25) is 4.90 Å². The Balaban J connectivity index is 0.00000312. The smallest absolute Gasteiger partial charge is 0.191 e. The predicted octanol–water partition coefficient (Wildman–Crippen LogP) is 2.31.